The molecule has 5 atom stereocenters. The Balaban J connectivity index is 5.35. The zero-order chi connectivity index (χ0) is 71.8. The first-order valence-corrected chi connectivity index (χ1v) is 41.1. The van der Waals surface area contributed by atoms with Gasteiger partial charge in [0.05, 0.1) is 26.4 Å². The molecule has 19 heteroatoms. The molecule has 0 radical (unpaired) electrons. The third-order valence-electron chi connectivity index (χ3n) is 15.7. The van der Waals surface area contributed by atoms with Gasteiger partial charge in [0.2, 0.25) is 0 Å². The van der Waals surface area contributed by atoms with E-state index < -0.39 is 97.5 Å². The van der Waals surface area contributed by atoms with Crippen LogP contribution in [0, 0.1) is 0 Å². The Morgan fingerprint density at radius 1 is 0.296 bits per heavy atom. The largest absolute Gasteiger partial charge is 0.472 e. The van der Waals surface area contributed by atoms with Crippen molar-refractivity contribution < 1.29 is 80.2 Å². The Morgan fingerprint density at radius 3 is 0.867 bits per heavy atom. The molecule has 0 saturated heterocycles. The van der Waals surface area contributed by atoms with Crippen LogP contribution < -0.4 is 0 Å². The van der Waals surface area contributed by atoms with Crippen LogP contribution in [0.5, 0.6) is 0 Å². The van der Waals surface area contributed by atoms with E-state index in [9.17, 15) is 43.2 Å². The highest BCUT2D eigenvalue weighted by Crippen LogP contribution is 2.45. The van der Waals surface area contributed by atoms with E-state index in [2.05, 4.69) is 137 Å². The summed E-state index contributed by atoms with van der Waals surface area (Å²) in [5.74, 6) is -2.22. The summed E-state index contributed by atoms with van der Waals surface area (Å²) in [6.45, 7) is 4.57. The van der Waals surface area contributed by atoms with Gasteiger partial charge in [0.15, 0.2) is 12.2 Å². The number of unbranched alkanes of at least 4 members (excludes halogenated alkanes) is 27. The Kier molecular flexibility index (Phi) is 68.0. The standard InChI is InChI=1S/C79H136O17P2/c1-5-9-13-17-21-25-29-33-34-35-36-37-38-42-44-48-52-56-60-64-77(82)90-70-75(96-79(84)66-62-58-54-50-46-41-32-28-24-20-16-12-8-4)72-94-98(87,88)92-68-73(80)67-91-97(85,86)93-71-74(95-78(83)65-61-57-53-49-45-40-31-27-23-19-15-11-7-3)69-89-76(81)63-59-55-51-47-43-39-30-26-22-18-14-10-6-2/h9,13-15,18-19,21,25-28,30-34,36-37,73-75,80H,5-8,10-12,16-17,20,22-24,29,35,38-72H2,1-4H3,(H,85,86)(H,87,88)/b13-9-,18-14-,19-15-,25-21-,30-26-,31-27-,32-28-,34-33-,37-36-. The van der Waals surface area contributed by atoms with Crippen molar-refractivity contribution in [3.8, 4) is 0 Å². The first kappa shape index (κ1) is 93.7. The minimum absolute atomic E-state index is 0.0748. The molecule has 0 aliphatic rings. The van der Waals surface area contributed by atoms with Crippen LogP contribution in [-0.4, -0.2) is 96.7 Å². The molecule has 0 aliphatic heterocycles. The summed E-state index contributed by atoms with van der Waals surface area (Å²) < 4.78 is 68.4. The minimum Gasteiger partial charge on any atom is -0.462 e. The smallest absolute Gasteiger partial charge is 0.462 e. The fourth-order valence-electron chi connectivity index (χ4n) is 9.87. The number of aliphatic hydroxyl groups is 1. The van der Waals surface area contributed by atoms with E-state index in [1.54, 1.807) is 0 Å². The fraction of sp³-hybridized carbons (Fsp3) is 0.722. The van der Waals surface area contributed by atoms with Crippen molar-refractivity contribution in [2.45, 2.75) is 329 Å². The zero-order valence-corrected chi connectivity index (χ0v) is 63.2. The van der Waals surface area contributed by atoms with E-state index in [4.69, 9.17) is 37.0 Å². The van der Waals surface area contributed by atoms with Gasteiger partial charge in [-0.3, -0.25) is 37.3 Å². The molecule has 0 aromatic heterocycles. The number of ether oxygens (including phenoxy) is 4. The Bertz CT molecular complexity index is 2290. The lowest BCUT2D eigenvalue weighted by Crippen LogP contribution is -2.30. The van der Waals surface area contributed by atoms with Crippen molar-refractivity contribution in [1.82, 2.24) is 0 Å². The van der Waals surface area contributed by atoms with Crippen LogP contribution in [0.4, 0.5) is 0 Å². The van der Waals surface area contributed by atoms with Crippen LogP contribution in [0.15, 0.2) is 109 Å². The molecule has 5 unspecified atom stereocenters. The van der Waals surface area contributed by atoms with Crippen LogP contribution in [-0.2, 0) is 65.4 Å². The topological polar surface area (TPSA) is 237 Å². The van der Waals surface area contributed by atoms with Crippen LogP contribution in [0.2, 0.25) is 0 Å². The number of allylic oxidation sites excluding steroid dienone is 18. The highest BCUT2D eigenvalue weighted by molar-refractivity contribution is 7.47. The zero-order valence-electron chi connectivity index (χ0n) is 61.4. The molecule has 564 valence electrons. The Morgan fingerprint density at radius 2 is 0.551 bits per heavy atom. The van der Waals surface area contributed by atoms with E-state index in [1.165, 1.54) is 25.7 Å². The molecule has 3 N–H and O–H groups in total. The lowest BCUT2D eigenvalue weighted by Gasteiger charge is -2.21. The van der Waals surface area contributed by atoms with Gasteiger partial charge in [0.1, 0.15) is 19.3 Å². The van der Waals surface area contributed by atoms with Gasteiger partial charge < -0.3 is 33.8 Å². The fourth-order valence-corrected chi connectivity index (χ4v) is 11.4. The van der Waals surface area contributed by atoms with Crippen molar-refractivity contribution in [1.29, 1.82) is 0 Å². The summed E-state index contributed by atoms with van der Waals surface area (Å²) in [5.41, 5.74) is 0. The molecule has 0 spiro atoms. The van der Waals surface area contributed by atoms with Gasteiger partial charge in [0.25, 0.3) is 0 Å². The minimum atomic E-state index is -4.98. The van der Waals surface area contributed by atoms with Gasteiger partial charge in [-0.15, -0.1) is 0 Å². The highest BCUT2D eigenvalue weighted by Gasteiger charge is 2.30. The number of esters is 4. The number of hydrogen-bond acceptors (Lipinski definition) is 15. The molecule has 0 bridgehead atoms. The average molecular weight is 1420 g/mol. The second-order valence-corrected chi connectivity index (χ2v) is 28.1. The lowest BCUT2D eigenvalue weighted by molar-refractivity contribution is -0.161. The summed E-state index contributed by atoms with van der Waals surface area (Å²) in [4.78, 5) is 72.8. The molecule has 0 heterocycles. The molecular formula is C79H136O17P2. The first-order valence-electron chi connectivity index (χ1n) is 38.1. The second kappa shape index (κ2) is 71.1. The van der Waals surface area contributed by atoms with Gasteiger partial charge in [0, 0.05) is 25.7 Å². The number of rotatable bonds is 71. The average Bonchev–Trinajstić information content (AvgIpc) is 0.966. The third kappa shape index (κ3) is 70.2. The Labute approximate surface area is 594 Å². The molecule has 0 rings (SSSR count). The molecule has 0 aromatic carbocycles. The summed E-state index contributed by atoms with van der Waals surface area (Å²) >= 11 is 0. The molecule has 0 fully saturated rings. The SMILES string of the molecule is CC/C=C\C/C=C\C/C=C\C/C=C\CCCCCCCCC(=O)OCC(COP(=O)(O)OCC(O)COP(=O)(O)OCC(COC(=O)CCCCCCC/C=C\C/C=C\CCC)OC(=O)CCCCCCC/C=C\C/C=C\CCC)OC(=O)CCCCCCC/C=C\CCCCCC. The van der Waals surface area contributed by atoms with Crippen molar-refractivity contribution >= 4 is 39.5 Å². The maximum absolute atomic E-state index is 13.1. The van der Waals surface area contributed by atoms with Crippen LogP contribution in [0.25, 0.3) is 0 Å². The summed E-state index contributed by atoms with van der Waals surface area (Å²) in [6, 6.07) is 0. The van der Waals surface area contributed by atoms with E-state index in [0.717, 1.165) is 205 Å². The van der Waals surface area contributed by atoms with Gasteiger partial charge in [-0.1, -0.05) is 253 Å². The van der Waals surface area contributed by atoms with E-state index >= 15 is 0 Å². The predicted molar refractivity (Wildman–Crippen MR) is 399 cm³/mol. The molecule has 0 saturated carbocycles. The molecular weight excluding hydrogens is 1280 g/mol. The van der Waals surface area contributed by atoms with Crippen LogP contribution in [0.3, 0.4) is 0 Å². The van der Waals surface area contributed by atoms with Gasteiger partial charge in [-0.2, -0.15) is 0 Å². The number of phosphoric ester groups is 2. The molecule has 98 heavy (non-hydrogen) atoms. The highest BCUT2D eigenvalue weighted by atomic mass is 31.2. The predicted octanol–water partition coefficient (Wildman–Crippen LogP) is 21.8. The van der Waals surface area contributed by atoms with Crippen molar-refractivity contribution in [2.24, 2.45) is 0 Å². The summed E-state index contributed by atoms with van der Waals surface area (Å²) in [5, 5.41) is 10.6. The lowest BCUT2D eigenvalue weighted by atomic mass is 10.1. The maximum Gasteiger partial charge on any atom is 0.472 e. The number of phosphoric acid groups is 2. The molecule has 17 nitrogen and oxygen atoms in total. The molecule has 0 aliphatic carbocycles. The maximum atomic E-state index is 13.1. The van der Waals surface area contributed by atoms with E-state index in [0.29, 0.717) is 25.7 Å². The molecule has 0 amide bonds. The first-order chi connectivity index (χ1) is 47.7. The second-order valence-electron chi connectivity index (χ2n) is 25.2. The van der Waals surface area contributed by atoms with E-state index in [-0.39, 0.29) is 25.7 Å². The number of carbonyl (C=O) groups is 4. The summed E-state index contributed by atoms with van der Waals surface area (Å²) in [6.07, 6.45) is 75.1. The Hall–Kier alpha value is -4.28. The van der Waals surface area contributed by atoms with Crippen molar-refractivity contribution in [2.75, 3.05) is 39.6 Å². The van der Waals surface area contributed by atoms with Gasteiger partial charge in [-0.05, 0) is 141 Å². The van der Waals surface area contributed by atoms with Gasteiger partial charge in [-0.25, -0.2) is 9.13 Å². The van der Waals surface area contributed by atoms with Crippen LogP contribution in [0.1, 0.15) is 310 Å². The van der Waals surface area contributed by atoms with Crippen molar-refractivity contribution in [3.63, 3.8) is 0 Å². The number of aliphatic hydroxyl groups excluding tert-OH is 1. The molecule has 0 aromatic rings. The monoisotopic (exact) mass is 1420 g/mol. The normalized spacial score (nSPS) is 14.6. The number of hydrogen-bond donors (Lipinski definition) is 3. The summed E-state index contributed by atoms with van der Waals surface area (Å²) in [7, 11) is -9.96. The third-order valence-corrected chi connectivity index (χ3v) is 17.6. The van der Waals surface area contributed by atoms with E-state index in [1.807, 2.05) is 0 Å². The number of carbonyl (C=O) groups excluding carboxylic acids is 4. The van der Waals surface area contributed by atoms with Crippen LogP contribution >= 0.6 is 15.6 Å². The van der Waals surface area contributed by atoms with Crippen molar-refractivity contribution in [3.05, 3.63) is 109 Å². The van der Waals surface area contributed by atoms with Gasteiger partial charge >= 0.3 is 39.5 Å². The quantitative estimate of drug-likeness (QED) is 0.0169.